The molecule has 136 valence electrons. The number of halogens is 2. The van der Waals surface area contributed by atoms with Crippen LogP contribution in [0, 0.1) is 5.92 Å². The lowest BCUT2D eigenvalue weighted by Crippen LogP contribution is -2.29. The highest BCUT2D eigenvalue weighted by Gasteiger charge is 2.41. The summed E-state index contributed by atoms with van der Waals surface area (Å²) in [4.78, 5) is 23.9. The summed E-state index contributed by atoms with van der Waals surface area (Å²) in [7, 11) is 0. The Hall–Kier alpha value is -2.38. The van der Waals surface area contributed by atoms with Gasteiger partial charge in [0.05, 0.1) is 5.56 Å². The number of ketones is 1. The average molecular weight is 492 g/mol. The summed E-state index contributed by atoms with van der Waals surface area (Å²) in [5.41, 5.74) is 1.51. The molecule has 4 rings (SSSR count). The molecule has 0 aromatic heterocycles. The van der Waals surface area contributed by atoms with Crippen LogP contribution in [0.4, 0.5) is 0 Å². The van der Waals surface area contributed by atoms with Gasteiger partial charge in [-0.05, 0) is 55.6 Å². The Morgan fingerprint density at radius 3 is 2.56 bits per heavy atom. The fourth-order valence-corrected chi connectivity index (χ4v) is 4.45. The Balaban J connectivity index is 2.03. The van der Waals surface area contributed by atoms with E-state index in [4.69, 9.17) is 4.74 Å². The lowest BCUT2D eigenvalue weighted by atomic mass is 9.74. The van der Waals surface area contributed by atoms with Crippen molar-refractivity contribution in [2.75, 3.05) is 0 Å². The van der Waals surface area contributed by atoms with Gasteiger partial charge >= 0.3 is 5.97 Å². The Morgan fingerprint density at radius 1 is 1.07 bits per heavy atom. The van der Waals surface area contributed by atoms with Gasteiger partial charge in [-0.25, -0.2) is 4.79 Å². The van der Waals surface area contributed by atoms with Gasteiger partial charge in [0.25, 0.3) is 0 Å². The van der Waals surface area contributed by atoms with Crippen LogP contribution in [0.5, 0.6) is 11.5 Å². The number of phenolic OH excluding ortho intramolecular Hbond substituents is 1. The molecule has 0 saturated heterocycles. The second-order valence-electron chi connectivity index (χ2n) is 6.22. The van der Waals surface area contributed by atoms with Gasteiger partial charge in [-0.2, -0.15) is 0 Å². The fraction of sp³-hybridized carbons (Fsp3) is 0.100. The van der Waals surface area contributed by atoms with Crippen molar-refractivity contribution in [2.24, 2.45) is 5.92 Å². The molecule has 1 aliphatic carbocycles. The zero-order chi connectivity index (χ0) is 19.3. The van der Waals surface area contributed by atoms with Crippen LogP contribution in [0.15, 0.2) is 63.3 Å². The van der Waals surface area contributed by atoms with Gasteiger partial charge in [-0.3, -0.25) is 4.79 Å². The SMILES string of the molecule is O=C1C=C[C@@H]2C(=C1Br)Oc1c(ccc(O)c1Br)[C@@H]2c1ccccc1C(=O)O. The minimum absolute atomic E-state index is 0.00753. The van der Waals surface area contributed by atoms with Gasteiger partial charge in [0, 0.05) is 17.4 Å². The van der Waals surface area contributed by atoms with Crippen molar-refractivity contribution in [1.29, 1.82) is 0 Å². The predicted molar refractivity (Wildman–Crippen MR) is 105 cm³/mol. The van der Waals surface area contributed by atoms with Crippen LogP contribution in [0.1, 0.15) is 27.4 Å². The number of rotatable bonds is 2. The lowest BCUT2D eigenvalue weighted by Gasteiger charge is -2.37. The maximum atomic E-state index is 12.1. The minimum Gasteiger partial charge on any atom is -0.507 e. The molecular weight excluding hydrogens is 480 g/mol. The van der Waals surface area contributed by atoms with Crippen molar-refractivity contribution >= 4 is 43.6 Å². The molecular formula is C20H12Br2O5. The number of carbonyl (C=O) groups excluding carboxylic acids is 1. The number of hydrogen-bond donors (Lipinski definition) is 2. The molecule has 0 radical (unpaired) electrons. The third-order valence-corrected chi connectivity index (χ3v) is 6.28. The van der Waals surface area contributed by atoms with Crippen molar-refractivity contribution in [2.45, 2.75) is 5.92 Å². The first-order chi connectivity index (χ1) is 12.9. The summed E-state index contributed by atoms with van der Waals surface area (Å²) in [6.07, 6.45) is 3.19. The normalized spacial score (nSPS) is 20.7. The van der Waals surface area contributed by atoms with Crippen LogP contribution < -0.4 is 4.74 Å². The highest BCUT2D eigenvalue weighted by Crippen LogP contribution is 2.53. The lowest BCUT2D eigenvalue weighted by molar-refractivity contribution is -0.111. The minimum atomic E-state index is -1.03. The van der Waals surface area contributed by atoms with Crippen LogP contribution >= 0.6 is 31.9 Å². The first kappa shape index (κ1) is 18.0. The van der Waals surface area contributed by atoms with E-state index >= 15 is 0 Å². The number of hydrogen-bond acceptors (Lipinski definition) is 4. The van der Waals surface area contributed by atoms with E-state index in [1.165, 1.54) is 12.1 Å². The van der Waals surface area contributed by atoms with Gasteiger partial charge in [0.15, 0.2) is 5.78 Å². The van der Waals surface area contributed by atoms with E-state index in [0.29, 0.717) is 21.5 Å². The number of aromatic carboxylic acids is 1. The molecule has 0 bridgehead atoms. The number of carboxylic acid groups (broad SMARTS) is 1. The molecule has 5 nitrogen and oxygen atoms in total. The number of carboxylic acids is 1. The summed E-state index contributed by atoms with van der Waals surface area (Å²) >= 11 is 6.63. The number of benzene rings is 2. The van der Waals surface area contributed by atoms with E-state index in [1.54, 1.807) is 36.4 Å². The molecule has 1 aliphatic heterocycles. The summed E-state index contributed by atoms with van der Waals surface area (Å²) in [5.74, 6) is -1.26. The van der Waals surface area contributed by atoms with Gasteiger partial charge in [0.1, 0.15) is 26.2 Å². The first-order valence-corrected chi connectivity index (χ1v) is 9.62. The second-order valence-corrected chi connectivity index (χ2v) is 7.80. The van der Waals surface area contributed by atoms with Crippen LogP contribution in [0.3, 0.4) is 0 Å². The highest BCUT2D eigenvalue weighted by molar-refractivity contribution is 9.12. The Kier molecular flexibility index (Phi) is 4.44. The van der Waals surface area contributed by atoms with E-state index in [-0.39, 0.29) is 27.5 Å². The van der Waals surface area contributed by atoms with E-state index < -0.39 is 11.9 Å². The fourth-order valence-electron chi connectivity index (χ4n) is 3.53. The second kappa shape index (κ2) is 6.65. The largest absolute Gasteiger partial charge is 0.507 e. The van der Waals surface area contributed by atoms with E-state index in [1.807, 2.05) is 0 Å². The highest BCUT2D eigenvalue weighted by atomic mass is 79.9. The number of fused-ring (bicyclic) bond motifs is 2. The standard InChI is InChI=1S/C20H12Br2O5/c21-16-13(23)7-5-11-15(9-3-1-2-4-10(9)20(25)26)12-6-8-14(24)17(22)19(12)27-18(11)16/h1-8,11,15,24H,(H,25,26)/t11-,15+/m0/s1. The van der Waals surface area contributed by atoms with E-state index in [0.717, 1.165) is 5.56 Å². The number of carbonyl (C=O) groups is 2. The summed E-state index contributed by atoms with van der Waals surface area (Å²) in [5, 5.41) is 19.7. The zero-order valence-electron chi connectivity index (χ0n) is 13.6. The molecule has 2 N–H and O–H groups in total. The summed E-state index contributed by atoms with van der Waals surface area (Å²) < 4.78 is 6.63. The maximum absolute atomic E-state index is 12.1. The van der Waals surface area contributed by atoms with Crippen molar-refractivity contribution in [3.63, 3.8) is 0 Å². The van der Waals surface area contributed by atoms with E-state index in [9.17, 15) is 19.8 Å². The molecule has 2 aliphatic rings. The van der Waals surface area contributed by atoms with Crippen molar-refractivity contribution in [1.82, 2.24) is 0 Å². The average Bonchev–Trinajstić information content (AvgIpc) is 2.66. The van der Waals surface area contributed by atoms with Crippen LogP contribution in [0.2, 0.25) is 0 Å². The number of ether oxygens (including phenoxy) is 1. The molecule has 0 amide bonds. The monoisotopic (exact) mass is 490 g/mol. The third kappa shape index (κ3) is 2.82. The maximum Gasteiger partial charge on any atom is 0.335 e. The van der Waals surface area contributed by atoms with Crippen LogP contribution in [-0.2, 0) is 4.79 Å². The molecule has 2 aromatic rings. The van der Waals surface area contributed by atoms with Crippen molar-refractivity contribution in [3.05, 3.63) is 80.0 Å². The van der Waals surface area contributed by atoms with Gasteiger partial charge in [-0.15, -0.1) is 0 Å². The molecule has 2 aromatic carbocycles. The Labute approximate surface area is 171 Å². The topological polar surface area (TPSA) is 83.8 Å². The first-order valence-electron chi connectivity index (χ1n) is 8.03. The molecule has 7 heteroatoms. The van der Waals surface area contributed by atoms with Gasteiger partial charge in [-0.1, -0.05) is 30.3 Å². The number of allylic oxidation sites excluding steroid dienone is 3. The molecule has 1 heterocycles. The number of phenols is 1. The smallest absolute Gasteiger partial charge is 0.335 e. The van der Waals surface area contributed by atoms with Gasteiger partial charge < -0.3 is 14.9 Å². The van der Waals surface area contributed by atoms with E-state index in [2.05, 4.69) is 31.9 Å². The zero-order valence-corrected chi connectivity index (χ0v) is 16.8. The number of aromatic hydroxyl groups is 1. The Morgan fingerprint density at radius 2 is 1.81 bits per heavy atom. The van der Waals surface area contributed by atoms with Crippen molar-refractivity contribution in [3.8, 4) is 11.5 Å². The predicted octanol–water partition coefficient (Wildman–Crippen LogP) is 4.74. The quantitative estimate of drug-likeness (QED) is 0.633. The van der Waals surface area contributed by atoms with Crippen LogP contribution in [0.25, 0.3) is 0 Å². The molecule has 2 atom stereocenters. The summed E-state index contributed by atoms with van der Waals surface area (Å²) in [6.45, 7) is 0. The summed E-state index contributed by atoms with van der Waals surface area (Å²) in [6, 6.07) is 10.0. The molecule has 0 saturated carbocycles. The molecule has 27 heavy (non-hydrogen) atoms. The van der Waals surface area contributed by atoms with Gasteiger partial charge in [0.2, 0.25) is 0 Å². The van der Waals surface area contributed by atoms with Crippen LogP contribution in [-0.4, -0.2) is 22.0 Å². The third-order valence-electron chi connectivity index (χ3n) is 4.73. The molecule has 0 fully saturated rings. The van der Waals surface area contributed by atoms with Crippen molar-refractivity contribution < 1.29 is 24.5 Å². The Bertz CT molecular complexity index is 1050. The molecule has 0 unspecified atom stereocenters. The molecule has 0 spiro atoms.